The number of benzene rings is 1. The van der Waals surface area contributed by atoms with Gasteiger partial charge < -0.3 is 14.2 Å². The van der Waals surface area contributed by atoms with Crippen molar-refractivity contribution in [2.24, 2.45) is 0 Å². The molecule has 1 aromatic carbocycles. The van der Waals surface area contributed by atoms with Crippen LogP contribution in [0.2, 0.25) is 0 Å². The molecule has 0 aliphatic carbocycles. The van der Waals surface area contributed by atoms with E-state index in [9.17, 15) is 4.79 Å². The average Bonchev–Trinajstić information content (AvgIpc) is 2.29. The van der Waals surface area contributed by atoms with Crippen LogP contribution >= 0.6 is 0 Å². The van der Waals surface area contributed by atoms with E-state index in [0.717, 1.165) is 0 Å². The minimum Gasteiger partial charge on any atom is -0.490 e. The monoisotopic (exact) mass is 222 g/mol. The van der Waals surface area contributed by atoms with Crippen LogP contribution in [0.15, 0.2) is 42.7 Å². The first-order valence-electron chi connectivity index (χ1n) is 4.79. The number of rotatable bonds is 5. The van der Waals surface area contributed by atoms with E-state index >= 15 is 0 Å². The molecule has 86 valence electrons. The van der Waals surface area contributed by atoms with Crippen molar-refractivity contribution < 1.29 is 19.0 Å². The first-order valence-corrected chi connectivity index (χ1v) is 4.79. The fourth-order valence-corrected chi connectivity index (χ4v) is 1.01. The third-order valence-electron chi connectivity index (χ3n) is 1.79. The van der Waals surface area contributed by atoms with Crippen molar-refractivity contribution in [3.05, 3.63) is 42.7 Å². The Bertz CT molecular complexity index is 359. The molecule has 0 heterocycles. The minimum absolute atomic E-state index is 0.0523. The molecular weight excluding hydrogens is 208 g/mol. The lowest BCUT2D eigenvalue weighted by Crippen LogP contribution is -2.22. The molecule has 0 aromatic heterocycles. The van der Waals surface area contributed by atoms with Gasteiger partial charge in [-0.15, -0.1) is 0 Å². The molecule has 0 spiro atoms. The summed E-state index contributed by atoms with van der Waals surface area (Å²) < 4.78 is 14.9. The van der Waals surface area contributed by atoms with E-state index in [-0.39, 0.29) is 5.76 Å². The third kappa shape index (κ3) is 3.65. The van der Waals surface area contributed by atoms with Gasteiger partial charge in [0.15, 0.2) is 5.76 Å². The molecule has 4 nitrogen and oxygen atoms in total. The van der Waals surface area contributed by atoms with Crippen LogP contribution in [-0.4, -0.2) is 19.4 Å². The summed E-state index contributed by atoms with van der Waals surface area (Å²) in [6, 6.07) is 9.08. The lowest BCUT2D eigenvalue weighted by molar-refractivity contribution is -0.159. The van der Waals surface area contributed by atoms with E-state index < -0.39 is 12.3 Å². The number of carbonyl (C=O) groups is 1. The van der Waals surface area contributed by atoms with E-state index in [4.69, 9.17) is 9.47 Å². The fraction of sp³-hybridized carbons (Fsp3) is 0.250. The van der Waals surface area contributed by atoms with Crippen LogP contribution < -0.4 is 4.74 Å². The minimum atomic E-state index is -0.693. The molecule has 16 heavy (non-hydrogen) atoms. The lowest BCUT2D eigenvalue weighted by Gasteiger charge is -2.15. The van der Waals surface area contributed by atoms with E-state index in [1.165, 1.54) is 7.11 Å². The molecule has 0 saturated carbocycles. The largest absolute Gasteiger partial charge is 0.490 e. The third-order valence-corrected chi connectivity index (χ3v) is 1.79. The molecule has 0 fully saturated rings. The van der Waals surface area contributed by atoms with Crippen LogP contribution in [0, 0.1) is 0 Å². The van der Waals surface area contributed by atoms with Crippen molar-refractivity contribution >= 4 is 5.97 Å². The van der Waals surface area contributed by atoms with Gasteiger partial charge in [-0.1, -0.05) is 18.2 Å². The number of esters is 1. The first kappa shape index (κ1) is 12.1. The first-order chi connectivity index (χ1) is 7.63. The molecule has 1 aromatic rings. The maximum absolute atomic E-state index is 11.2. The van der Waals surface area contributed by atoms with Gasteiger partial charge in [0.25, 0.3) is 0 Å². The SMILES string of the molecule is C=C(OC)C(=O)OC(C)Oc1ccccc1. The predicted molar refractivity (Wildman–Crippen MR) is 58.8 cm³/mol. The van der Waals surface area contributed by atoms with E-state index in [0.29, 0.717) is 5.75 Å². The topological polar surface area (TPSA) is 44.8 Å². The van der Waals surface area contributed by atoms with Crippen molar-refractivity contribution in [2.75, 3.05) is 7.11 Å². The molecule has 0 aliphatic rings. The summed E-state index contributed by atoms with van der Waals surface area (Å²) in [5.74, 6) is -0.0553. The summed E-state index contributed by atoms with van der Waals surface area (Å²) in [6.07, 6.45) is -0.693. The summed E-state index contributed by atoms with van der Waals surface area (Å²) in [7, 11) is 1.35. The average molecular weight is 222 g/mol. The number of para-hydroxylation sites is 1. The summed E-state index contributed by atoms with van der Waals surface area (Å²) in [4.78, 5) is 11.2. The van der Waals surface area contributed by atoms with Crippen LogP contribution in [0.25, 0.3) is 0 Å². The maximum atomic E-state index is 11.2. The smallest absolute Gasteiger partial charge is 0.376 e. The Balaban J connectivity index is 2.45. The fourth-order valence-electron chi connectivity index (χ4n) is 1.01. The van der Waals surface area contributed by atoms with Gasteiger partial charge in [0, 0.05) is 6.92 Å². The van der Waals surface area contributed by atoms with Crippen molar-refractivity contribution in [3.63, 3.8) is 0 Å². The Labute approximate surface area is 94.4 Å². The van der Waals surface area contributed by atoms with Gasteiger partial charge in [-0.25, -0.2) is 4.79 Å². The van der Waals surface area contributed by atoms with Crippen LogP contribution in [-0.2, 0) is 14.3 Å². The number of ether oxygens (including phenoxy) is 3. The Hall–Kier alpha value is -1.97. The lowest BCUT2D eigenvalue weighted by atomic mass is 10.3. The zero-order valence-electron chi connectivity index (χ0n) is 9.30. The van der Waals surface area contributed by atoms with Gasteiger partial charge in [0.1, 0.15) is 5.75 Å². The highest BCUT2D eigenvalue weighted by Crippen LogP contribution is 2.12. The maximum Gasteiger partial charge on any atom is 0.376 e. The summed E-state index contributed by atoms with van der Waals surface area (Å²) in [5, 5.41) is 0. The van der Waals surface area contributed by atoms with Crippen molar-refractivity contribution in [3.8, 4) is 5.75 Å². The van der Waals surface area contributed by atoms with Gasteiger partial charge in [0.2, 0.25) is 6.29 Å². The van der Waals surface area contributed by atoms with Crippen molar-refractivity contribution in [2.45, 2.75) is 13.2 Å². The van der Waals surface area contributed by atoms with Crippen molar-refractivity contribution in [1.82, 2.24) is 0 Å². The number of hydrogen-bond donors (Lipinski definition) is 0. The van der Waals surface area contributed by atoms with Crippen molar-refractivity contribution in [1.29, 1.82) is 0 Å². The number of carbonyl (C=O) groups excluding carboxylic acids is 1. The standard InChI is InChI=1S/C12H14O4/c1-9(14-3)12(13)16-10(2)15-11-7-5-4-6-8-11/h4-8,10H,1H2,2-3H3. The Morgan fingerprint density at radius 1 is 1.31 bits per heavy atom. The van der Waals surface area contributed by atoms with Gasteiger partial charge in [-0.2, -0.15) is 0 Å². The van der Waals surface area contributed by atoms with Gasteiger partial charge >= 0.3 is 5.97 Å². The second-order valence-corrected chi connectivity index (χ2v) is 3.03. The molecule has 0 saturated heterocycles. The Morgan fingerprint density at radius 2 is 1.94 bits per heavy atom. The highest BCUT2D eigenvalue weighted by atomic mass is 16.7. The normalized spacial score (nSPS) is 11.4. The molecule has 1 rings (SSSR count). The summed E-state index contributed by atoms with van der Waals surface area (Å²) >= 11 is 0. The zero-order valence-corrected chi connectivity index (χ0v) is 9.30. The molecule has 0 aliphatic heterocycles. The molecule has 0 amide bonds. The van der Waals surface area contributed by atoms with Crippen LogP contribution in [0.3, 0.4) is 0 Å². The molecule has 1 atom stereocenters. The van der Waals surface area contributed by atoms with Crippen LogP contribution in [0.4, 0.5) is 0 Å². The highest BCUT2D eigenvalue weighted by Gasteiger charge is 2.14. The van der Waals surface area contributed by atoms with E-state index in [1.807, 2.05) is 18.2 Å². The van der Waals surface area contributed by atoms with Crippen LogP contribution in [0.5, 0.6) is 5.75 Å². The molecular formula is C12H14O4. The Kier molecular flexibility index (Phi) is 4.39. The zero-order chi connectivity index (χ0) is 12.0. The molecule has 0 bridgehead atoms. The van der Waals surface area contributed by atoms with E-state index in [1.54, 1.807) is 19.1 Å². The molecule has 0 radical (unpaired) electrons. The highest BCUT2D eigenvalue weighted by molar-refractivity contribution is 5.85. The van der Waals surface area contributed by atoms with Gasteiger partial charge in [-0.3, -0.25) is 0 Å². The Morgan fingerprint density at radius 3 is 2.50 bits per heavy atom. The van der Waals surface area contributed by atoms with Gasteiger partial charge in [-0.05, 0) is 18.7 Å². The molecule has 4 heteroatoms. The number of methoxy groups -OCH3 is 1. The van der Waals surface area contributed by atoms with Gasteiger partial charge in [0.05, 0.1) is 7.11 Å². The second-order valence-electron chi connectivity index (χ2n) is 3.03. The quantitative estimate of drug-likeness (QED) is 0.331. The van der Waals surface area contributed by atoms with E-state index in [2.05, 4.69) is 11.3 Å². The van der Waals surface area contributed by atoms with Crippen LogP contribution in [0.1, 0.15) is 6.92 Å². The molecule has 1 unspecified atom stereocenters. The predicted octanol–water partition coefficient (Wildman–Crippen LogP) is 2.11. The summed E-state index contributed by atoms with van der Waals surface area (Å²) in [5.41, 5.74) is 0. The number of hydrogen-bond acceptors (Lipinski definition) is 4. The second kappa shape index (κ2) is 5.80. The molecule has 0 N–H and O–H groups in total. The summed E-state index contributed by atoms with van der Waals surface area (Å²) in [6.45, 7) is 5.00.